The van der Waals surface area contributed by atoms with Crippen molar-refractivity contribution in [1.82, 2.24) is 0 Å². The second-order valence-corrected chi connectivity index (χ2v) is 6.93. The first-order valence-corrected chi connectivity index (χ1v) is 8.05. The molecule has 7 heteroatoms. The van der Waals surface area contributed by atoms with E-state index in [1.54, 1.807) is 31.5 Å². The molecular formula is C16H15ClFNO3S. The first kappa shape index (κ1) is 17.4. The Labute approximate surface area is 142 Å². The van der Waals surface area contributed by atoms with E-state index < -0.39 is 23.3 Å². The van der Waals surface area contributed by atoms with Crippen LogP contribution >= 0.6 is 22.9 Å². The molecule has 1 amide bonds. The number of carbonyl (C=O) groups is 2. The van der Waals surface area contributed by atoms with Crippen LogP contribution in [-0.4, -0.2) is 17.5 Å². The van der Waals surface area contributed by atoms with Gasteiger partial charge in [-0.1, -0.05) is 11.6 Å². The van der Waals surface area contributed by atoms with E-state index in [4.69, 9.17) is 16.3 Å². The van der Waals surface area contributed by atoms with Gasteiger partial charge in [-0.25, -0.2) is 9.18 Å². The molecule has 1 heterocycles. The number of halogens is 2. The summed E-state index contributed by atoms with van der Waals surface area (Å²) in [5.41, 5.74) is -0.0869. The van der Waals surface area contributed by atoms with Crippen LogP contribution in [0.3, 0.4) is 0 Å². The average molecular weight is 356 g/mol. The van der Waals surface area contributed by atoms with Crippen molar-refractivity contribution in [1.29, 1.82) is 0 Å². The van der Waals surface area contributed by atoms with Gasteiger partial charge in [-0.05, 0) is 39.0 Å². The lowest BCUT2D eigenvalue weighted by Gasteiger charge is -2.19. The van der Waals surface area contributed by atoms with Gasteiger partial charge in [0.1, 0.15) is 11.4 Å². The van der Waals surface area contributed by atoms with Gasteiger partial charge in [-0.15, -0.1) is 11.3 Å². The number of ketones is 1. The fraction of sp³-hybridized carbons (Fsp3) is 0.250. The number of anilines is 1. The maximum Gasteiger partial charge on any atom is 0.412 e. The average Bonchev–Trinajstić information content (AvgIpc) is 2.86. The zero-order valence-corrected chi connectivity index (χ0v) is 14.3. The highest BCUT2D eigenvalue weighted by atomic mass is 35.5. The van der Waals surface area contributed by atoms with Gasteiger partial charge in [0.2, 0.25) is 0 Å². The van der Waals surface area contributed by atoms with Crippen LogP contribution < -0.4 is 5.32 Å². The molecular weight excluding hydrogens is 341 g/mol. The fourth-order valence-electron chi connectivity index (χ4n) is 1.80. The van der Waals surface area contributed by atoms with Gasteiger partial charge in [0, 0.05) is 16.3 Å². The monoisotopic (exact) mass is 355 g/mol. The first-order chi connectivity index (χ1) is 10.7. The summed E-state index contributed by atoms with van der Waals surface area (Å²) in [6.45, 7) is 5.20. The number of benzene rings is 1. The molecule has 0 aliphatic rings. The maximum atomic E-state index is 13.3. The van der Waals surface area contributed by atoms with Crippen molar-refractivity contribution >= 4 is 40.5 Å². The minimum absolute atomic E-state index is 0.0392. The van der Waals surface area contributed by atoms with E-state index in [1.807, 2.05) is 0 Å². The van der Waals surface area contributed by atoms with E-state index in [1.165, 1.54) is 23.5 Å². The summed E-state index contributed by atoms with van der Waals surface area (Å²) in [6.07, 6.45) is -0.671. The van der Waals surface area contributed by atoms with Crippen LogP contribution in [0.2, 0.25) is 5.02 Å². The number of carbonyl (C=O) groups excluding carboxylic acids is 2. The Morgan fingerprint density at radius 2 is 1.91 bits per heavy atom. The SMILES string of the molecule is CC(C)(C)OC(=O)Nc1cscc1C(=O)c1cc(F)ccc1Cl. The van der Waals surface area contributed by atoms with Crippen LogP contribution in [0.4, 0.5) is 14.9 Å². The van der Waals surface area contributed by atoms with Gasteiger partial charge in [0.25, 0.3) is 0 Å². The minimum Gasteiger partial charge on any atom is -0.444 e. The molecule has 23 heavy (non-hydrogen) atoms. The second-order valence-electron chi connectivity index (χ2n) is 5.78. The third kappa shape index (κ3) is 4.53. The highest BCUT2D eigenvalue weighted by Gasteiger charge is 2.21. The lowest BCUT2D eigenvalue weighted by molar-refractivity contribution is 0.0636. The number of nitrogens with one attached hydrogen (secondary N) is 1. The number of rotatable bonds is 3. The van der Waals surface area contributed by atoms with Crippen molar-refractivity contribution in [3.05, 3.63) is 50.9 Å². The third-order valence-corrected chi connectivity index (χ3v) is 3.79. The molecule has 2 aromatic rings. The van der Waals surface area contributed by atoms with Crippen molar-refractivity contribution in [3.8, 4) is 0 Å². The number of amides is 1. The molecule has 0 bridgehead atoms. The van der Waals surface area contributed by atoms with Gasteiger partial charge in [0.15, 0.2) is 5.78 Å². The smallest absolute Gasteiger partial charge is 0.412 e. The van der Waals surface area contributed by atoms with Crippen LogP contribution in [0.1, 0.15) is 36.7 Å². The quantitative estimate of drug-likeness (QED) is 0.777. The van der Waals surface area contributed by atoms with Crippen LogP contribution in [0.15, 0.2) is 29.0 Å². The van der Waals surface area contributed by atoms with E-state index in [9.17, 15) is 14.0 Å². The summed E-state index contributed by atoms with van der Waals surface area (Å²) >= 11 is 7.19. The van der Waals surface area contributed by atoms with Gasteiger partial charge >= 0.3 is 6.09 Å². The second kappa shape index (κ2) is 6.68. The van der Waals surface area contributed by atoms with Gasteiger partial charge in [-0.3, -0.25) is 10.1 Å². The Balaban J connectivity index is 2.25. The molecule has 1 aromatic heterocycles. The Kier molecular flexibility index (Phi) is 5.06. The molecule has 0 atom stereocenters. The van der Waals surface area contributed by atoms with Crippen LogP contribution in [0, 0.1) is 5.82 Å². The normalized spacial score (nSPS) is 11.2. The molecule has 2 rings (SSSR count). The molecule has 0 saturated heterocycles. The highest BCUT2D eigenvalue weighted by Crippen LogP contribution is 2.28. The molecule has 0 unspecified atom stereocenters. The van der Waals surface area contributed by atoms with E-state index in [2.05, 4.69) is 5.32 Å². The Hall–Kier alpha value is -1.92. The molecule has 0 fully saturated rings. The Bertz CT molecular complexity index is 752. The molecule has 122 valence electrons. The van der Waals surface area contributed by atoms with Crippen molar-refractivity contribution < 1.29 is 18.7 Å². The lowest BCUT2D eigenvalue weighted by Crippen LogP contribution is -2.27. The molecule has 0 spiro atoms. The zero-order chi connectivity index (χ0) is 17.2. The number of hydrogen-bond acceptors (Lipinski definition) is 4. The summed E-state index contributed by atoms with van der Waals surface area (Å²) in [6, 6.07) is 3.56. The fourth-order valence-corrected chi connectivity index (χ4v) is 2.76. The van der Waals surface area contributed by atoms with Crippen molar-refractivity contribution in [2.75, 3.05) is 5.32 Å². The van der Waals surface area contributed by atoms with Crippen LogP contribution in [-0.2, 0) is 4.74 Å². The summed E-state index contributed by atoms with van der Waals surface area (Å²) in [5.74, 6) is -1.03. The van der Waals surface area contributed by atoms with Gasteiger partial charge < -0.3 is 4.74 Å². The van der Waals surface area contributed by atoms with Crippen LogP contribution in [0.25, 0.3) is 0 Å². The molecule has 0 saturated carbocycles. The number of hydrogen-bond donors (Lipinski definition) is 1. The predicted molar refractivity (Wildman–Crippen MR) is 89.0 cm³/mol. The minimum atomic E-state index is -0.671. The summed E-state index contributed by atoms with van der Waals surface area (Å²) in [5, 5.41) is 5.83. The topological polar surface area (TPSA) is 55.4 Å². The number of ether oxygens (including phenoxy) is 1. The third-order valence-electron chi connectivity index (χ3n) is 2.72. The van der Waals surface area contributed by atoms with Gasteiger partial charge in [-0.2, -0.15) is 0 Å². The maximum absolute atomic E-state index is 13.3. The summed E-state index contributed by atoms with van der Waals surface area (Å²) in [4.78, 5) is 24.4. The zero-order valence-electron chi connectivity index (χ0n) is 12.8. The standard InChI is InChI=1S/C16H15ClFNO3S/c1-16(2,3)22-15(21)19-13-8-23-7-11(13)14(20)10-6-9(18)4-5-12(10)17/h4-8H,1-3H3,(H,19,21). The first-order valence-electron chi connectivity index (χ1n) is 6.73. The van der Waals surface area contributed by atoms with Crippen molar-refractivity contribution in [2.24, 2.45) is 0 Å². The van der Waals surface area contributed by atoms with Crippen molar-refractivity contribution in [3.63, 3.8) is 0 Å². The largest absolute Gasteiger partial charge is 0.444 e. The van der Waals surface area contributed by atoms with E-state index >= 15 is 0 Å². The summed E-state index contributed by atoms with van der Waals surface area (Å²) < 4.78 is 18.5. The lowest BCUT2D eigenvalue weighted by atomic mass is 10.0. The molecule has 0 radical (unpaired) electrons. The Morgan fingerprint density at radius 1 is 1.22 bits per heavy atom. The molecule has 1 aromatic carbocycles. The van der Waals surface area contributed by atoms with Crippen LogP contribution in [0.5, 0.6) is 0 Å². The van der Waals surface area contributed by atoms with E-state index in [0.29, 0.717) is 5.69 Å². The predicted octanol–water partition coefficient (Wildman–Crippen LogP) is 5.12. The van der Waals surface area contributed by atoms with E-state index in [0.717, 1.165) is 6.07 Å². The highest BCUT2D eigenvalue weighted by molar-refractivity contribution is 7.08. The number of thiophene rings is 1. The van der Waals surface area contributed by atoms with Crippen molar-refractivity contribution in [2.45, 2.75) is 26.4 Å². The molecule has 1 N–H and O–H groups in total. The Morgan fingerprint density at radius 3 is 2.57 bits per heavy atom. The van der Waals surface area contributed by atoms with E-state index in [-0.39, 0.29) is 16.1 Å². The summed E-state index contributed by atoms with van der Waals surface area (Å²) in [7, 11) is 0. The molecule has 4 nitrogen and oxygen atoms in total. The molecule has 0 aliphatic heterocycles. The van der Waals surface area contributed by atoms with Gasteiger partial charge in [0.05, 0.1) is 16.3 Å². The molecule has 0 aliphatic carbocycles.